The Labute approximate surface area is 128 Å². The third kappa shape index (κ3) is 4.48. The first-order chi connectivity index (χ1) is 9.54. The van der Waals surface area contributed by atoms with Gasteiger partial charge in [-0.25, -0.2) is 0 Å². The molecule has 0 saturated carbocycles. The van der Waals surface area contributed by atoms with Crippen LogP contribution in [0.3, 0.4) is 0 Å². The molecule has 1 N–H and O–H groups in total. The van der Waals surface area contributed by atoms with Crippen molar-refractivity contribution in [1.29, 1.82) is 0 Å². The molecule has 1 rings (SSSR count). The van der Waals surface area contributed by atoms with Gasteiger partial charge in [-0.1, -0.05) is 0 Å². The van der Waals surface area contributed by atoms with Crippen LogP contribution in [0.15, 0.2) is 12.4 Å². The minimum Gasteiger partial charge on any atom is -0.371 e. The maximum atomic E-state index is 12.6. The molecule has 0 bridgehead atoms. The largest absolute Gasteiger partial charge is 0.371 e. The molecule has 0 aliphatic heterocycles. The Bertz CT molecular complexity index is 463. The standard InChI is InChI=1S/C16H30N4O/c1-11(2)20(12(3)4)15(21)13(5)18-14-9-17-19(10-14)16(6,7)8/h9-13,18H,1-8H3/t13-/m0/s1. The first-order valence-corrected chi connectivity index (χ1v) is 7.68. The fourth-order valence-corrected chi connectivity index (χ4v) is 2.40. The summed E-state index contributed by atoms with van der Waals surface area (Å²) in [6.07, 6.45) is 3.71. The third-order valence-corrected chi connectivity index (χ3v) is 3.39. The van der Waals surface area contributed by atoms with Crippen molar-refractivity contribution in [1.82, 2.24) is 14.7 Å². The second kappa shape index (κ2) is 6.50. The van der Waals surface area contributed by atoms with Gasteiger partial charge in [0, 0.05) is 18.3 Å². The Kier molecular flexibility index (Phi) is 5.42. The SMILES string of the molecule is CC(C)N(C(=O)[C@H](C)Nc1cnn(C(C)(C)C)c1)C(C)C. The lowest BCUT2D eigenvalue weighted by Crippen LogP contribution is -2.48. The lowest BCUT2D eigenvalue weighted by molar-refractivity contribution is -0.135. The number of nitrogens with zero attached hydrogens (tertiary/aromatic N) is 3. The number of hydrogen-bond donors (Lipinski definition) is 1. The van der Waals surface area contributed by atoms with Crippen molar-refractivity contribution in [2.24, 2.45) is 0 Å². The van der Waals surface area contributed by atoms with E-state index in [-0.39, 0.29) is 29.6 Å². The van der Waals surface area contributed by atoms with Crippen molar-refractivity contribution < 1.29 is 4.79 Å². The molecule has 0 fully saturated rings. The summed E-state index contributed by atoms with van der Waals surface area (Å²) in [7, 11) is 0. The topological polar surface area (TPSA) is 50.2 Å². The minimum atomic E-state index is -0.271. The molecule has 0 aliphatic rings. The molecule has 1 aromatic heterocycles. The highest BCUT2D eigenvalue weighted by Gasteiger charge is 2.25. The first-order valence-electron chi connectivity index (χ1n) is 7.68. The minimum absolute atomic E-state index is 0.0604. The molecule has 0 radical (unpaired) electrons. The molecule has 5 heteroatoms. The van der Waals surface area contributed by atoms with Crippen molar-refractivity contribution in [3.8, 4) is 0 Å². The van der Waals surface area contributed by atoms with Gasteiger partial charge in [-0.15, -0.1) is 0 Å². The Morgan fingerprint density at radius 3 is 2.10 bits per heavy atom. The van der Waals surface area contributed by atoms with E-state index in [1.54, 1.807) is 6.20 Å². The quantitative estimate of drug-likeness (QED) is 0.908. The van der Waals surface area contributed by atoms with E-state index in [4.69, 9.17) is 0 Å². The molecule has 5 nitrogen and oxygen atoms in total. The van der Waals surface area contributed by atoms with E-state index in [1.165, 1.54) is 0 Å². The Morgan fingerprint density at radius 2 is 1.71 bits per heavy atom. The normalized spacial score (nSPS) is 13.6. The lowest BCUT2D eigenvalue weighted by atomic mass is 10.1. The summed E-state index contributed by atoms with van der Waals surface area (Å²) in [4.78, 5) is 14.5. The van der Waals surface area contributed by atoms with E-state index in [2.05, 4.69) is 31.2 Å². The van der Waals surface area contributed by atoms with Gasteiger partial charge in [0.15, 0.2) is 0 Å². The summed E-state index contributed by atoms with van der Waals surface area (Å²) in [5, 5.41) is 7.59. The Hall–Kier alpha value is -1.52. The fourth-order valence-electron chi connectivity index (χ4n) is 2.40. The van der Waals surface area contributed by atoms with Crippen molar-refractivity contribution in [3.05, 3.63) is 12.4 Å². The maximum absolute atomic E-state index is 12.6. The van der Waals surface area contributed by atoms with Crippen molar-refractivity contribution in [2.75, 3.05) is 5.32 Å². The van der Waals surface area contributed by atoms with Gasteiger partial charge in [-0.2, -0.15) is 5.10 Å². The molecule has 0 unspecified atom stereocenters. The van der Waals surface area contributed by atoms with Crippen LogP contribution in [0, 0.1) is 0 Å². The monoisotopic (exact) mass is 294 g/mol. The van der Waals surface area contributed by atoms with Gasteiger partial charge in [0.1, 0.15) is 6.04 Å². The summed E-state index contributed by atoms with van der Waals surface area (Å²) in [5.41, 5.74) is 0.813. The average molecular weight is 294 g/mol. The molecule has 1 aromatic rings. The van der Waals surface area contributed by atoms with Crippen LogP contribution in [0.1, 0.15) is 55.4 Å². The number of hydrogen-bond acceptors (Lipinski definition) is 3. The smallest absolute Gasteiger partial charge is 0.245 e. The van der Waals surface area contributed by atoms with Gasteiger partial charge in [0.05, 0.1) is 17.4 Å². The molecular formula is C16H30N4O. The van der Waals surface area contributed by atoms with Crippen LogP contribution in [0.4, 0.5) is 5.69 Å². The molecular weight excluding hydrogens is 264 g/mol. The van der Waals surface area contributed by atoms with Crippen LogP contribution in [-0.2, 0) is 10.3 Å². The number of carbonyl (C=O) groups is 1. The molecule has 0 aromatic carbocycles. The first kappa shape index (κ1) is 17.5. The van der Waals surface area contributed by atoms with Gasteiger partial charge in [-0.3, -0.25) is 9.48 Å². The summed E-state index contributed by atoms with van der Waals surface area (Å²) < 4.78 is 1.90. The highest BCUT2D eigenvalue weighted by molar-refractivity contribution is 5.84. The zero-order valence-corrected chi connectivity index (χ0v) is 14.6. The predicted molar refractivity (Wildman–Crippen MR) is 87.4 cm³/mol. The van der Waals surface area contributed by atoms with Crippen molar-refractivity contribution >= 4 is 11.6 Å². The van der Waals surface area contributed by atoms with Crippen LogP contribution in [-0.4, -0.2) is 38.7 Å². The van der Waals surface area contributed by atoms with E-state index >= 15 is 0 Å². The predicted octanol–water partition coefficient (Wildman–Crippen LogP) is 3.08. The van der Waals surface area contributed by atoms with Gasteiger partial charge < -0.3 is 10.2 Å². The van der Waals surface area contributed by atoms with Gasteiger partial charge in [0.2, 0.25) is 5.91 Å². The summed E-state index contributed by atoms with van der Waals surface area (Å²) in [5.74, 6) is 0.114. The second-order valence-corrected chi connectivity index (χ2v) is 7.14. The van der Waals surface area contributed by atoms with Gasteiger partial charge >= 0.3 is 0 Å². The van der Waals surface area contributed by atoms with E-state index in [1.807, 2.05) is 50.4 Å². The maximum Gasteiger partial charge on any atom is 0.245 e. The highest BCUT2D eigenvalue weighted by atomic mass is 16.2. The number of rotatable bonds is 5. The van der Waals surface area contributed by atoms with Crippen LogP contribution >= 0.6 is 0 Å². The van der Waals surface area contributed by atoms with Crippen LogP contribution in [0.5, 0.6) is 0 Å². The zero-order chi connectivity index (χ0) is 16.4. The molecule has 0 spiro atoms. The van der Waals surface area contributed by atoms with Crippen molar-refractivity contribution in [2.45, 2.75) is 79.1 Å². The van der Waals surface area contributed by atoms with E-state index in [9.17, 15) is 4.79 Å². The Balaban J connectivity index is 2.78. The zero-order valence-electron chi connectivity index (χ0n) is 14.6. The van der Waals surface area contributed by atoms with E-state index < -0.39 is 0 Å². The number of nitrogens with one attached hydrogen (secondary N) is 1. The third-order valence-electron chi connectivity index (χ3n) is 3.39. The lowest BCUT2D eigenvalue weighted by Gasteiger charge is -2.33. The molecule has 1 atom stereocenters. The molecule has 0 saturated heterocycles. The average Bonchev–Trinajstić information content (AvgIpc) is 2.75. The molecule has 120 valence electrons. The summed E-state index contributed by atoms with van der Waals surface area (Å²) >= 11 is 0. The van der Waals surface area contributed by atoms with Crippen LogP contribution in [0.2, 0.25) is 0 Å². The number of amides is 1. The van der Waals surface area contributed by atoms with Gasteiger partial charge in [-0.05, 0) is 55.4 Å². The molecule has 0 aliphatic carbocycles. The molecule has 1 heterocycles. The van der Waals surface area contributed by atoms with Crippen LogP contribution < -0.4 is 5.32 Å². The summed E-state index contributed by atoms with van der Waals surface area (Å²) in [6.45, 7) is 16.4. The van der Waals surface area contributed by atoms with Crippen molar-refractivity contribution in [3.63, 3.8) is 0 Å². The fraction of sp³-hybridized carbons (Fsp3) is 0.750. The number of carbonyl (C=O) groups excluding carboxylic acids is 1. The molecule has 1 amide bonds. The van der Waals surface area contributed by atoms with Crippen LogP contribution in [0.25, 0.3) is 0 Å². The van der Waals surface area contributed by atoms with Gasteiger partial charge in [0.25, 0.3) is 0 Å². The van der Waals surface area contributed by atoms with E-state index in [0.717, 1.165) is 5.69 Å². The van der Waals surface area contributed by atoms with E-state index in [0.29, 0.717) is 0 Å². The number of aromatic nitrogens is 2. The molecule has 21 heavy (non-hydrogen) atoms. The Morgan fingerprint density at radius 1 is 1.19 bits per heavy atom. The number of anilines is 1. The second-order valence-electron chi connectivity index (χ2n) is 7.14. The highest BCUT2D eigenvalue weighted by Crippen LogP contribution is 2.17. The summed E-state index contributed by atoms with van der Waals surface area (Å²) in [6, 6.07) is 0.116.